The molecule has 0 radical (unpaired) electrons. The number of hydrogen-bond acceptors (Lipinski definition) is 3. The van der Waals surface area contributed by atoms with Gasteiger partial charge in [0.15, 0.2) is 6.61 Å². The Labute approximate surface area is 183 Å². The number of rotatable bonds is 6. The first-order chi connectivity index (χ1) is 15.1. The van der Waals surface area contributed by atoms with Crippen molar-refractivity contribution in [3.63, 3.8) is 0 Å². The summed E-state index contributed by atoms with van der Waals surface area (Å²) in [5, 5.41) is 0. The highest BCUT2D eigenvalue weighted by molar-refractivity contribution is 5.87. The standard InChI is InChI=1S/C26H30FNO3/c27-23-11-5-4-10-22(23)26(14-6-7-15-26)25(30)31-19-24(29)28-16-12-21(13-17-28)18-20-8-2-1-3-9-20/h1-5,8-11,21H,6-7,12-19H2. The van der Waals surface area contributed by atoms with Gasteiger partial charge in [-0.05, 0) is 49.7 Å². The number of esters is 1. The van der Waals surface area contributed by atoms with Crippen LogP contribution in [0.3, 0.4) is 0 Å². The van der Waals surface area contributed by atoms with Crippen LogP contribution in [-0.4, -0.2) is 36.5 Å². The molecule has 2 fully saturated rings. The van der Waals surface area contributed by atoms with Crippen molar-refractivity contribution in [2.45, 2.75) is 50.4 Å². The minimum atomic E-state index is -0.964. The molecule has 0 bridgehead atoms. The van der Waals surface area contributed by atoms with Crippen LogP contribution in [0.1, 0.15) is 49.7 Å². The molecule has 0 N–H and O–H groups in total. The van der Waals surface area contributed by atoms with Gasteiger partial charge in [-0.3, -0.25) is 9.59 Å². The largest absolute Gasteiger partial charge is 0.455 e. The summed E-state index contributed by atoms with van der Waals surface area (Å²) in [7, 11) is 0. The Hall–Kier alpha value is -2.69. The van der Waals surface area contributed by atoms with Crippen LogP contribution in [0.5, 0.6) is 0 Å². The predicted molar refractivity (Wildman–Crippen MR) is 117 cm³/mol. The minimum absolute atomic E-state index is 0.159. The molecule has 1 aliphatic heterocycles. The van der Waals surface area contributed by atoms with E-state index in [0.29, 0.717) is 37.4 Å². The highest BCUT2D eigenvalue weighted by Crippen LogP contribution is 2.43. The Kier molecular flexibility index (Phi) is 6.69. The van der Waals surface area contributed by atoms with Gasteiger partial charge in [0.2, 0.25) is 0 Å². The summed E-state index contributed by atoms with van der Waals surface area (Å²) in [5.74, 6) is -0.444. The molecule has 2 aromatic carbocycles. The number of piperidine rings is 1. The van der Waals surface area contributed by atoms with E-state index in [4.69, 9.17) is 4.74 Å². The molecule has 164 valence electrons. The molecule has 1 amide bonds. The molecule has 1 heterocycles. The van der Waals surface area contributed by atoms with Gasteiger partial charge in [0.25, 0.3) is 5.91 Å². The lowest BCUT2D eigenvalue weighted by atomic mass is 9.78. The maximum atomic E-state index is 14.4. The maximum Gasteiger partial charge on any atom is 0.317 e. The molecule has 5 heteroatoms. The summed E-state index contributed by atoms with van der Waals surface area (Å²) in [6.07, 6.45) is 5.76. The molecule has 4 rings (SSSR count). The molecule has 1 aliphatic carbocycles. The molecule has 2 aromatic rings. The number of carbonyl (C=O) groups excluding carboxylic acids is 2. The maximum absolute atomic E-state index is 14.4. The van der Waals surface area contributed by atoms with Crippen molar-refractivity contribution in [2.24, 2.45) is 5.92 Å². The fraction of sp³-hybridized carbons (Fsp3) is 0.462. The molecule has 1 saturated heterocycles. The van der Waals surface area contributed by atoms with Gasteiger partial charge in [-0.25, -0.2) is 4.39 Å². The van der Waals surface area contributed by atoms with Crippen molar-refractivity contribution in [2.75, 3.05) is 19.7 Å². The molecule has 31 heavy (non-hydrogen) atoms. The fourth-order valence-electron chi connectivity index (χ4n) is 5.10. The molecular weight excluding hydrogens is 393 g/mol. The topological polar surface area (TPSA) is 46.6 Å². The second-order valence-electron chi connectivity index (χ2n) is 8.86. The van der Waals surface area contributed by atoms with Crippen LogP contribution >= 0.6 is 0 Å². The first-order valence-corrected chi connectivity index (χ1v) is 11.3. The minimum Gasteiger partial charge on any atom is -0.455 e. The predicted octanol–water partition coefficient (Wildman–Crippen LogP) is 4.66. The Bertz CT molecular complexity index is 900. The average molecular weight is 424 g/mol. The quantitative estimate of drug-likeness (QED) is 0.635. The van der Waals surface area contributed by atoms with E-state index in [1.54, 1.807) is 23.1 Å². The molecule has 0 unspecified atom stereocenters. The summed E-state index contributed by atoms with van der Waals surface area (Å²) in [6, 6.07) is 16.8. The van der Waals surface area contributed by atoms with Gasteiger partial charge < -0.3 is 9.64 Å². The van der Waals surface area contributed by atoms with E-state index in [9.17, 15) is 14.0 Å². The van der Waals surface area contributed by atoms with Crippen LogP contribution in [0.2, 0.25) is 0 Å². The Morgan fingerprint density at radius 2 is 1.61 bits per heavy atom. The molecule has 0 aromatic heterocycles. The average Bonchev–Trinajstić information content (AvgIpc) is 3.30. The second kappa shape index (κ2) is 9.63. The van der Waals surface area contributed by atoms with Gasteiger partial charge in [0.1, 0.15) is 5.82 Å². The zero-order chi connectivity index (χ0) is 21.7. The Morgan fingerprint density at radius 1 is 0.968 bits per heavy atom. The van der Waals surface area contributed by atoms with Gasteiger partial charge in [-0.15, -0.1) is 0 Å². The van der Waals surface area contributed by atoms with Gasteiger partial charge in [0, 0.05) is 18.7 Å². The van der Waals surface area contributed by atoms with Crippen molar-refractivity contribution in [3.8, 4) is 0 Å². The van der Waals surface area contributed by atoms with Crippen molar-refractivity contribution >= 4 is 11.9 Å². The third-order valence-corrected chi connectivity index (χ3v) is 6.90. The van der Waals surface area contributed by atoms with Gasteiger partial charge in [-0.1, -0.05) is 61.4 Å². The normalized spacial score (nSPS) is 18.7. The van der Waals surface area contributed by atoms with E-state index < -0.39 is 11.4 Å². The number of likely N-dealkylation sites (tertiary alicyclic amines) is 1. The number of benzene rings is 2. The monoisotopic (exact) mass is 423 g/mol. The van der Waals surface area contributed by atoms with Crippen LogP contribution in [0.4, 0.5) is 4.39 Å². The molecule has 0 atom stereocenters. The van der Waals surface area contributed by atoms with Crippen LogP contribution in [0.15, 0.2) is 54.6 Å². The van der Waals surface area contributed by atoms with E-state index in [1.165, 1.54) is 11.6 Å². The lowest BCUT2D eigenvalue weighted by molar-refractivity contribution is -0.157. The summed E-state index contributed by atoms with van der Waals surface area (Å²) in [6.45, 7) is 1.11. The van der Waals surface area contributed by atoms with Crippen molar-refractivity contribution in [1.82, 2.24) is 4.90 Å². The molecular formula is C26H30FNO3. The van der Waals surface area contributed by atoms with E-state index in [0.717, 1.165) is 32.1 Å². The molecule has 1 saturated carbocycles. The lowest BCUT2D eigenvalue weighted by Gasteiger charge is -2.32. The third-order valence-electron chi connectivity index (χ3n) is 6.90. The van der Waals surface area contributed by atoms with Crippen LogP contribution in [0.25, 0.3) is 0 Å². The highest BCUT2D eigenvalue weighted by Gasteiger charge is 2.46. The molecule has 4 nitrogen and oxygen atoms in total. The van der Waals surface area contributed by atoms with Crippen LogP contribution in [0, 0.1) is 11.7 Å². The Balaban J connectivity index is 1.30. The number of hydrogen-bond donors (Lipinski definition) is 0. The molecule has 0 spiro atoms. The van der Waals surface area contributed by atoms with E-state index in [2.05, 4.69) is 24.3 Å². The van der Waals surface area contributed by atoms with Gasteiger partial charge in [0.05, 0.1) is 5.41 Å². The number of amides is 1. The first-order valence-electron chi connectivity index (χ1n) is 11.3. The SMILES string of the molecule is O=C(COC(=O)C1(c2ccccc2F)CCCC1)N1CCC(Cc2ccccc2)CC1. The summed E-state index contributed by atoms with van der Waals surface area (Å²) >= 11 is 0. The molecule has 2 aliphatic rings. The highest BCUT2D eigenvalue weighted by atomic mass is 19.1. The Morgan fingerprint density at radius 3 is 2.29 bits per heavy atom. The van der Waals surface area contributed by atoms with Crippen molar-refractivity contribution in [1.29, 1.82) is 0 Å². The van der Waals surface area contributed by atoms with Crippen LogP contribution < -0.4 is 0 Å². The smallest absolute Gasteiger partial charge is 0.317 e. The number of carbonyl (C=O) groups is 2. The summed E-state index contributed by atoms with van der Waals surface area (Å²) < 4.78 is 19.9. The number of nitrogens with zero attached hydrogens (tertiary/aromatic N) is 1. The van der Waals surface area contributed by atoms with Gasteiger partial charge >= 0.3 is 5.97 Å². The summed E-state index contributed by atoms with van der Waals surface area (Å²) in [5.41, 5.74) is 0.761. The number of ether oxygens (including phenoxy) is 1. The number of halogens is 1. The zero-order valence-electron chi connectivity index (χ0n) is 17.9. The van der Waals surface area contributed by atoms with E-state index in [1.807, 2.05) is 6.07 Å². The van der Waals surface area contributed by atoms with E-state index >= 15 is 0 Å². The van der Waals surface area contributed by atoms with Gasteiger partial charge in [-0.2, -0.15) is 0 Å². The fourth-order valence-corrected chi connectivity index (χ4v) is 5.10. The van der Waals surface area contributed by atoms with Crippen molar-refractivity contribution < 1.29 is 18.7 Å². The first kappa shape index (κ1) is 21.5. The van der Waals surface area contributed by atoms with Crippen LogP contribution in [-0.2, 0) is 26.2 Å². The van der Waals surface area contributed by atoms with Crippen molar-refractivity contribution in [3.05, 3.63) is 71.5 Å². The van der Waals surface area contributed by atoms with E-state index in [-0.39, 0.29) is 18.3 Å². The second-order valence-corrected chi connectivity index (χ2v) is 8.86. The zero-order valence-corrected chi connectivity index (χ0v) is 17.9. The lowest BCUT2D eigenvalue weighted by Crippen LogP contribution is -2.43. The third kappa shape index (κ3) is 4.81. The summed E-state index contributed by atoms with van der Waals surface area (Å²) in [4.78, 5) is 27.5.